The number of anilines is 1. The molecule has 0 radical (unpaired) electrons. The van der Waals surface area contributed by atoms with Gasteiger partial charge in [0.05, 0.1) is 5.02 Å². The molecule has 2 aromatic rings. The molecule has 0 aliphatic carbocycles. The minimum Gasteiger partial charge on any atom is -0.329 e. The highest BCUT2D eigenvalue weighted by Gasteiger charge is 2.15. The third-order valence-corrected chi connectivity index (χ3v) is 3.56. The van der Waals surface area contributed by atoms with Gasteiger partial charge in [0.15, 0.2) is 0 Å². The zero-order valence-electron chi connectivity index (χ0n) is 12.9. The minimum absolute atomic E-state index is 0.109. The van der Waals surface area contributed by atoms with E-state index in [4.69, 9.17) is 11.6 Å². The summed E-state index contributed by atoms with van der Waals surface area (Å²) in [6, 6.07) is 9.46. The Kier molecular flexibility index (Phi) is 5.87. The van der Waals surface area contributed by atoms with E-state index in [1.807, 2.05) is 0 Å². The highest BCUT2D eigenvalue weighted by atomic mass is 35.5. The maximum atomic E-state index is 13.1. The average molecular weight is 353 g/mol. The van der Waals surface area contributed by atoms with Crippen molar-refractivity contribution < 1.29 is 18.4 Å². The first-order chi connectivity index (χ1) is 11.3. The van der Waals surface area contributed by atoms with Crippen LogP contribution in [0.15, 0.2) is 42.5 Å². The Morgan fingerprint density at radius 1 is 1.12 bits per heavy atom. The van der Waals surface area contributed by atoms with Gasteiger partial charge in [-0.3, -0.25) is 9.59 Å². The monoisotopic (exact) mass is 352 g/mol. The molecule has 0 unspecified atom stereocenters. The first-order valence-corrected chi connectivity index (χ1v) is 7.48. The predicted octanol–water partition coefficient (Wildman–Crippen LogP) is 3.61. The van der Waals surface area contributed by atoms with Gasteiger partial charge in [-0.1, -0.05) is 23.7 Å². The number of amides is 2. The fraction of sp³-hybridized carbons (Fsp3) is 0.176. The molecule has 2 aromatic carbocycles. The molecule has 0 aliphatic rings. The van der Waals surface area contributed by atoms with Crippen molar-refractivity contribution in [2.24, 2.45) is 0 Å². The molecular formula is C17H15ClF2N2O2. The molecule has 126 valence electrons. The van der Waals surface area contributed by atoms with E-state index in [0.29, 0.717) is 11.3 Å². The second-order valence-corrected chi connectivity index (χ2v) is 5.59. The lowest BCUT2D eigenvalue weighted by atomic mass is 10.2. The van der Waals surface area contributed by atoms with E-state index in [1.165, 1.54) is 36.1 Å². The normalized spacial score (nSPS) is 10.3. The molecule has 4 nitrogen and oxygen atoms in total. The van der Waals surface area contributed by atoms with Gasteiger partial charge in [-0.15, -0.1) is 0 Å². The van der Waals surface area contributed by atoms with Crippen molar-refractivity contribution in [3.05, 3.63) is 64.7 Å². The molecule has 0 aromatic heterocycles. The van der Waals surface area contributed by atoms with Crippen LogP contribution in [0.5, 0.6) is 0 Å². The van der Waals surface area contributed by atoms with Crippen molar-refractivity contribution >= 4 is 29.1 Å². The van der Waals surface area contributed by atoms with Crippen LogP contribution in [0.3, 0.4) is 0 Å². The Hall–Kier alpha value is -2.47. The van der Waals surface area contributed by atoms with Gasteiger partial charge in [0.2, 0.25) is 11.8 Å². The van der Waals surface area contributed by atoms with Crippen LogP contribution in [0, 0.1) is 11.6 Å². The molecule has 0 heterocycles. The molecule has 0 saturated heterocycles. The maximum Gasteiger partial charge on any atom is 0.244 e. The lowest BCUT2D eigenvalue weighted by Gasteiger charge is -2.20. The maximum absolute atomic E-state index is 13.1. The number of benzene rings is 2. The van der Waals surface area contributed by atoms with Crippen molar-refractivity contribution in [3.8, 4) is 0 Å². The van der Waals surface area contributed by atoms with Gasteiger partial charge in [-0.2, -0.15) is 0 Å². The topological polar surface area (TPSA) is 49.4 Å². The Balaban J connectivity index is 2.01. The molecular weight excluding hydrogens is 338 g/mol. The van der Waals surface area contributed by atoms with Gasteiger partial charge in [0.1, 0.15) is 18.2 Å². The first-order valence-electron chi connectivity index (χ1n) is 7.10. The van der Waals surface area contributed by atoms with Crippen LogP contribution in [0.2, 0.25) is 5.02 Å². The smallest absolute Gasteiger partial charge is 0.244 e. The van der Waals surface area contributed by atoms with Crippen LogP contribution in [0.4, 0.5) is 14.5 Å². The second kappa shape index (κ2) is 7.88. The molecule has 0 aliphatic heterocycles. The number of carbonyl (C=O) groups excluding carboxylic acids is 2. The molecule has 2 amide bonds. The molecule has 1 N–H and O–H groups in total. The van der Waals surface area contributed by atoms with Crippen molar-refractivity contribution in [2.45, 2.75) is 13.5 Å². The van der Waals surface area contributed by atoms with Gasteiger partial charge in [0, 0.05) is 19.2 Å². The zero-order valence-corrected chi connectivity index (χ0v) is 13.6. The summed E-state index contributed by atoms with van der Waals surface area (Å²) in [5, 5.41) is 2.44. The molecule has 2 rings (SSSR count). The Morgan fingerprint density at radius 2 is 1.79 bits per heavy atom. The number of nitrogens with zero attached hydrogens (tertiary/aromatic N) is 1. The fourth-order valence-electron chi connectivity index (χ4n) is 2.04. The lowest BCUT2D eigenvalue weighted by molar-refractivity contribution is -0.133. The van der Waals surface area contributed by atoms with E-state index in [9.17, 15) is 18.4 Å². The molecule has 24 heavy (non-hydrogen) atoms. The lowest BCUT2D eigenvalue weighted by Crippen LogP contribution is -2.36. The van der Waals surface area contributed by atoms with Gasteiger partial charge in [-0.05, 0) is 35.9 Å². The van der Waals surface area contributed by atoms with E-state index >= 15 is 0 Å². The number of rotatable bonds is 5. The quantitative estimate of drug-likeness (QED) is 0.893. The highest BCUT2D eigenvalue weighted by Crippen LogP contribution is 2.19. The fourth-order valence-corrected chi connectivity index (χ4v) is 2.22. The summed E-state index contributed by atoms with van der Waals surface area (Å²) in [6.45, 7) is 1.32. The number of carbonyl (C=O) groups is 2. The second-order valence-electron chi connectivity index (χ2n) is 5.18. The number of hydrogen-bond donors (Lipinski definition) is 1. The van der Waals surface area contributed by atoms with Crippen molar-refractivity contribution in [3.63, 3.8) is 0 Å². The molecule has 7 heteroatoms. The standard InChI is InChI=1S/C17H15ClF2N2O2/c1-11(23)22(9-12-2-4-13(19)5-3-12)10-17(24)21-14-6-7-16(20)15(18)8-14/h2-8H,9-10H2,1H3,(H,21,24). The van der Waals surface area contributed by atoms with Crippen molar-refractivity contribution in [2.75, 3.05) is 11.9 Å². The van der Waals surface area contributed by atoms with E-state index in [0.717, 1.165) is 6.07 Å². The highest BCUT2D eigenvalue weighted by molar-refractivity contribution is 6.31. The summed E-state index contributed by atoms with van der Waals surface area (Å²) in [5.74, 6) is -1.71. The SMILES string of the molecule is CC(=O)N(CC(=O)Nc1ccc(F)c(Cl)c1)Cc1ccc(F)cc1. The molecule has 0 spiro atoms. The van der Waals surface area contributed by atoms with Crippen molar-refractivity contribution in [1.82, 2.24) is 4.90 Å². The van der Waals surface area contributed by atoms with Gasteiger partial charge < -0.3 is 10.2 Å². The van der Waals surface area contributed by atoms with Crippen LogP contribution in [0.1, 0.15) is 12.5 Å². The summed E-state index contributed by atoms with van der Waals surface area (Å²) >= 11 is 5.65. The van der Waals surface area contributed by atoms with Gasteiger partial charge >= 0.3 is 0 Å². The van der Waals surface area contributed by atoms with Crippen LogP contribution in [-0.4, -0.2) is 23.3 Å². The summed E-state index contributed by atoms with van der Waals surface area (Å²) in [5.41, 5.74) is 1.03. The van der Waals surface area contributed by atoms with Crippen LogP contribution < -0.4 is 5.32 Å². The summed E-state index contributed by atoms with van der Waals surface area (Å²) in [6.07, 6.45) is 0. The largest absolute Gasteiger partial charge is 0.329 e. The molecule has 0 fully saturated rings. The first kappa shape index (κ1) is 17.9. The number of nitrogens with one attached hydrogen (secondary N) is 1. The van der Waals surface area contributed by atoms with Crippen molar-refractivity contribution in [1.29, 1.82) is 0 Å². The summed E-state index contributed by atoms with van der Waals surface area (Å²) < 4.78 is 26.0. The van der Waals surface area contributed by atoms with Gasteiger partial charge in [-0.25, -0.2) is 8.78 Å². The van der Waals surface area contributed by atoms with E-state index in [-0.39, 0.29) is 29.8 Å². The van der Waals surface area contributed by atoms with E-state index in [2.05, 4.69) is 5.32 Å². The van der Waals surface area contributed by atoms with Crippen LogP contribution >= 0.6 is 11.6 Å². The predicted molar refractivity (Wildman–Crippen MR) is 87.5 cm³/mol. The Labute approximate surface area is 143 Å². The number of halogens is 3. The van der Waals surface area contributed by atoms with E-state index in [1.54, 1.807) is 12.1 Å². The Bertz CT molecular complexity index is 751. The number of hydrogen-bond acceptors (Lipinski definition) is 2. The van der Waals surface area contributed by atoms with Gasteiger partial charge in [0.25, 0.3) is 0 Å². The average Bonchev–Trinajstić information content (AvgIpc) is 2.52. The van der Waals surface area contributed by atoms with Crippen LogP contribution in [0.25, 0.3) is 0 Å². The third-order valence-electron chi connectivity index (χ3n) is 3.27. The Morgan fingerprint density at radius 3 is 2.38 bits per heavy atom. The molecule has 0 bridgehead atoms. The third kappa shape index (κ3) is 5.03. The molecule has 0 saturated carbocycles. The zero-order chi connectivity index (χ0) is 17.7. The minimum atomic E-state index is -0.587. The summed E-state index contributed by atoms with van der Waals surface area (Å²) in [4.78, 5) is 25.1. The van der Waals surface area contributed by atoms with E-state index < -0.39 is 11.7 Å². The molecule has 0 atom stereocenters. The van der Waals surface area contributed by atoms with Crippen LogP contribution in [-0.2, 0) is 16.1 Å². The summed E-state index contributed by atoms with van der Waals surface area (Å²) in [7, 11) is 0.